The molecule has 1 aliphatic heterocycles. The Morgan fingerprint density at radius 1 is 1.08 bits per heavy atom. The van der Waals surface area contributed by atoms with Crippen LogP contribution in [0.1, 0.15) is 36.4 Å². The molecule has 2 N–H and O–H groups in total. The number of carbonyl (C=O) groups excluding carboxylic acids is 1. The maximum atomic E-state index is 12.4. The van der Waals surface area contributed by atoms with Gasteiger partial charge in [0.2, 0.25) is 5.91 Å². The molecule has 1 fully saturated rings. The van der Waals surface area contributed by atoms with E-state index in [-0.39, 0.29) is 11.9 Å². The van der Waals surface area contributed by atoms with Crippen molar-refractivity contribution in [3.05, 3.63) is 71.8 Å². The highest BCUT2D eigenvalue weighted by Gasteiger charge is 2.18. The first kappa shape index (κ1) is 16.7. The number of carbonyl (C=O) groups is 1. The molecule has 0 saturated carbocycles. The van der Waals surface area contributed by atoms with Crippen LogP contribution in [-0.2, 0) is 11.2 Å². The summed E-state index contributed by atoms with van der Waals surface area (Å²) in [4.78, 5) is 12.4. The fourth-order valence-electron chi connectivity index (χ4n) is 3.35. The van der Waals surface area contributed by atoms with Gasteiger partial charge in [-0.1, -0.05) is 60.7 Å². The summed E-state index contributed by atoms with van der Waals surface area (Å²) in [5.74, 6) is 0.812. The largest absolute Gasteiger partial charge is 0.349 e. The third-order valence-electron chi connectivity index (χ3n) is 4.76. The maximum absolute atomic E-state index is 12.4. The summed E-state index contributed by atoms with van der Waals surface area (Å²) in [5.41, 5.74) is 2.41. The molecule has 3 rings (SSSR count). The van der Waals surface area contributed by atoms with Gasteiger partial charge in [0.15, 0.2) is 0 Å². The number of rotatable bonds is 7. The lowest BCUT2D eigenvalue weighted by Crippen LogP contribution is -2.30. The molecule has 1 amide bonds. The second kappa shape index (κ2) is 8.65. The zero-order valence-corrected chi connectivity index (χ0v) is 14.1. The van der Waals surface area contributed by atoms with Crippen molar-refractivity contribution in [1.82, 2.24) is 10.6 Å². The lowest BCUT2D eigenvalue weighted by atomic mass is 9.98. The summed E-state index contributed by atoms with van der Waals surface area (Å²) < 4.78 is 0. The predicted molar refractivity (Wildman–Crippen MR) is 97.7 cm³/mol. The van der Waals surface area contributed by atoms with Gasteiger partial charge in [0.05, 0.1) is 6.04 Å². The van der Waals surface area contributed by atoms with E-state index in [0.29, 0.717) is 12.3 Å². The molecule has 1 heterocycles. The Bertz CT molecular complexity index is 621. The first-order valence-corrected chi connectivity index (χ1v) is 8.90. The van der Waals surface area contributed by atoms with Crippen LogP contribution in [0, 0.1) is 5.92 Å². The van der Waals surface area contributed by atoms with E-state index in [0.717, 1.165) is 31.5 Å². The van der Waals surface area contributed by atoms with Crippen molar-refractivity contribution >= 4 is 5.91 Å². The van der Waals surface area contributed by atoms with Gasteiger partial charge in [-0.2, -0.15) is 0 Å². The highest BCUT2D eigenvalue weighted by Crippen LogP contribution is 2.20. The molecule has 0 aromatic heterocycles. The normalized spacial score (nSPS) is 18.2. The Morgan fingerprint density at radius 3 is 2.46 bits per heavy atom. The van der Waals surface area contributed by atoms with E-state index in [4.69, 9.17) is 0 Å². The standard InChI is InChI=1S/C21H26N2O/c24-21(12-11-18-13-14-22-16-18)23-20(19-9-5-2-6-10-19)15-17-7-3-1-4-8-17/h1-10,18,20,22H,11-16H2,(H,23,24). The lowest BCUT2D eigenvalue weighted by molar-refractivity contribution is -0.122. The first-order valence-electron chi connectivity index (χ1n) is 8.90. The third kappa shape index (κ3) is 4.93. The Balaban J connectivity index is 1.62. The molecule has 0 aliphatic carbocycles. The van der Waals surface area contributed by atoms with E-state index < -0.39 is 0 Å². The highest BCUT2D eigenvalue weighted by atomic mass is 16.1. The number of benzene rings is 2. The second-order valence-electron chi connectivity index (χ2n) is 6.62. The zero-order valence-electron chi connectivity index (χ0n) is 14.1. The molecule has 1 saturated heterocycles. The van der Waals surface area contributed by atoms with E-state index in [9.17, 15) is 4.79 Å². The molecule has 3 nitrogen and oxygen atoms in total. The molecule has 0 bridgehead atoms. The smallest absolute Gasteiger partial charge is 0.220 e. The van der Waals surface area contributed by atoms with Crippen molar-refractivity contribution in [2.45, 2.75) is 31.7 Å². The van der Waals surface area contributed by atoms with Gasteiger partial charge in [-0.25, -0.2) is 0 Å². The van der Waals surface area contributed by atoms with Crippen LogP contribution in [0.3, 0.4) is 0 Å². The van der Waals surface area contributed by atoms with Crippen molar-refractivity contribution in [3.8, 4) is 0 Å². The summed E-state index contributed by atoms with van der Waals surface area (Å²) >= 11 is 0. The minimum absolute atomic E-state index is 0.0304. The minimum Gasteiger partial charge on any atom is -0.349 e. The average Bonchev–Trinajstić information content (AvgIpc) is 3.15. The Hall–Kier alpha value is -2.13. The Kier molecular flexibility index (Phi) is 6.02. The summed E-state index contributed by atoms with van der Waals surface area (Å²) in [6, 6.07) is 20.6. The van der Waals surface area contributed by atoms with Crippen molar-refractivity contribution < 1.29 is 4.79 Å². The number of nitrogens with one attached hydrogen (secondary N) is 2. The van der Waals surface area contributed by atoms with E-state index >= 15 is 0 Å². The molecule has 24 heavy (non-hydrogen) atoms. The van der Waals surface area contributed by atoms with Crippen molar-refractivity contribution in [3.63, 3.8) is 0 Å². The average molecular weight is 322 g/mol. The zero-order chi connectivity index (χ0) is 16.6. The van der Waals surface area contributed by atoms with Crippen molar-refractivity contribution in [1.29, 1.82) is 0 Å². The van der Waals surface area contributed by atoms with E-state index in [1.807, 2.05) is 36.4 Å². The maximum Gasteiger partial charge on any atom is 0.220 e. The van der Waals surface area contributed by atoms with Gasteiger partial charge in [-0.15, -0.1) is 0 Å². The van der Waals surface area contributed by atoms with Crippen molar-refractivity contribution in [2.24, 2.45) is 5.92 Å². The molecular weight excluding hydrogens is 296 g/mol. The van der Waals surface area contributed by atoms with Gasteiger partial charge in [0.1, 0.15) is 0 Å². The Morgan fingerprint density at radius 2 is 1.79 bits per heavy atom. The summed E-state index contributed by atoms with van der Waals surface area (Å²) in [6.45, 7) is 2.15. The lowest BCUT2D eigenvalue weighted by Gasteiger charge is -2.20. The monoisotopic (exact) mass is 322 g/mol. The second-order valence-corrected chi connectivity index (χ2v) is 6.62. The fourth-order valence-corrected chi connectivity index (χ4v) is 3.35. The number of amides is 1. The quantitative estimate of drug-likeness (QED) is 0.819. The minimum atomic E-state index is 0.0304. The summed E-state index contributed by atoms with van der Waals surface area (Å²) in [6.07, 6.45) is 3.61. The molecule has 0 radical (unpaired) electrons. The van der Waals surface area contributed by atoms with Crippen LogP contribution in [-0.4, -0.2) is 19.0 Å². The van der Waals surface area contributed by atoms with Crippen LogP contribution in [0.15, 0.2) is 60.7 Å². The van der Waals surface area contributed by atoms with Gasteiger partial charge in [-0.05, 0) is 49.4 Å². The van der Waals surface area contributed by atoms with Crippen LogP contribution >= 0.6 is 0 Å². The molecule has 2 atom stereocenters. The third-order valence-corrected chi connectivity index (χ3v) is 4.76. The summed E-state index contributed by atoms with van der Waals surface area (Å²) in [5, 5.41) is 6.61. The number of hydrogen-bond donors (Lipinski definition) is 2. The predicted octanol–water partition coefficient (Wildman–Crippen LogP) is 3.48. The van der Waals surface area contributed by atoms with Gasteiger partial charge in [-0.3, -0.25) is 4.79 Å². The topological polar surface area (TPSA) is 41.1 Å². The number of hydrogen-bond acceptors (Lipinski definition) is 2. The highest BCUT2D eigenvalue weighted by molar-refractivity contribution is 5.76. The van der Waals surface area contributed by atoms with Gasteiger partial charge in [0.25, 0.3) is 0 Å². The van der Waals surface area contributed by atoms with Crippen LogP contribution in [0.25, 0.3) is 0 Å². The van der Waals surface area contributed by atoms with Crippen LogP contribution in [0.2, 0.25) is 0 Å². The molecule has 0 spiro atoms. The van der Waals surface area contributed by atoms with Crippen LogP contribution in [0.4, 0.5) is 0 Å². The molecule has 2 unspecified atom stereocenters. The van der Waals surface area contributed by atoms with E-state index in [1.165, 1.54) is 12.0 Å². The van der Waals surface area contributed by atoms with Crippen LogP contribution < -0.4 is 10.6 Å². The van der Waals surface area contributed by atoms with E-state index in [2.05, 4.69) is 34.9 Å². The Labute approximate surface area is 144 Å². The summed E-state index contributed by atoms with van der Waals surface area (Å²) in [7, 11) is 0. The molecule has 1 aliphatic rings. The van der Waals surface area contributed by atoms with E-state index in [1.54, 1.807) is 0 Å². The fraction of sp³-hybridized carbons (Fsp3) is 0.381. The molecule has 2 aromatic carbocycles. The molecular formula is C21H26N2O. The molecule has 2 aromatic rings. The van der Waals surface area contributed by atoms with Gasteiger partial charge >= 0.3 is 0 Å². The molecule has 3 heteroatoms. The van der Waals surface area contributed by atoms with Crippen LogP contribution in [0.5, 0.6) is 0 Å². The molecule has 126 valence electrons. The SMILES string of the molecule is O=C(CCC1CCNC1)NC(Cc1ccccc1)c1ccccc1. The first-order chi connectivity index (χ1) is 11.8. The van der Waals surface area contributed by atoms with Gasteiger partial charge in [0, 0.05) is 6.42 Å². The van der Waals surface area contributed by atoms with Gasteiger partial charge < -0.3 is 10.6 Å². The van der Waals surface area contributed by atoms with Crippen molar-refractivity contribution in [2.75, 3.05) is 13.1 Å².